The minimum Gasteiger partial charge on any atom is -0.103 e. The number of fused-ring (bicyclic) bond motifs is 5. The molecule has 0 nitrogen and oxygen atoms in total. The summed E-state index contributed by atoms with van der Waals surface area (Å²) in [6.45, 7) is 16.3. The fraction of sp³-hybridized carbons (Fsp3) is 0.778. The molecule has 4 rings (SSSR count). The molecule has 0 aromatic heterocycles. The highest BCUT2D eigenvalue weighted by Crippen LogP contribution is 2.69. The first-order chi connectivity index (χ1) is 13.0. The first kappa shape index (κ1) is 19.5. The molecule has 0 radical (unpaired) electrons. The van der Waals surface area contributed by atoms with Crippen molar-refractivity contribution >= 4 is 0 Å². The zero-order valence-corrected chi connectivity index (χ0v) is 18.2. The minimum absolute atomic E-state index is 0.536. The Morgan fingerprint density at radius 3 is 2.52 bits per heavy atom. The highest BCUT2D eigenvalue weighted by Gasteiger charge is 2.61. The first-order valence-electron chi connectivity index (χ1n) is 11.9. The van der Waals surface area contributed by atoms with Crippen LogP contribution in [0.15, 0.2) is 36.5 Å². The fourth-order valence-corrected chi connectivity index (χ4v) is 8.57. The lowest BCUT2D eigenvalue weighted by Gasteiger charge is -2.62. The lowest BCUT2D eigenvalue weighted by molar-refractivity contribution is -0.0696. The Balaban J connectivity index is 1.65. The van der Waals surface area contributed by atoms with Crippen LogP contribution in [0.3, 0.4) is 0 Å². The predicted octanol–water partition coefficient (Wildman–Crippen LogP) is 8.11. The summed E-state index contributed by atoms with van der Waals surface area (Å²) in [5.74, 6) is 4.26. The molecule has 0 heteroatoms. The number of unbranched alkanes of at least 4 members (excludes halogenated alkanes) is 1. The molecule has 0 bridgehead atoms. The van der Waals surface area contributed by atoms with Gasteiger partial charge < -0.3 is 0 Å². The van der Waals surface area contributed by atoms with Crippen molar-refractivity contribution in [3.8, 4) is 0 Å². The first-order valence-corrected chi connectivity index (χ1v) is 11.9. The Labute approximate surface area is 168 Å². The van der Waals surface area contributed by atoms with Crippen LogP contribution >= 0.6 is 0 Å². The molecule has 0 spiro atoms. The monoisotopic (exact) mass is 366 g/mol. The van der Waals surface area contributed by atoms with Gasteiger partial charge in [-0.2, -0.15) is 0 Å². The Hall–Kier alpha value is -0.780. The van der Waals surface area contributed by atoms with E-state index in [1.54, 1.807) is 11.1 Å². The quantitative estimate of drug-likeness (QED) is 0.348. The predicted molar refractivity (Wildman–Crippen MR) is 118 cm³/mol. The van der Waals surface area contributed by atoms with Crippen molar-refractivity contribution in [1.29, 1.82) is 0 Å². The van der Waals surface area contributed by atoms with Gasteiger partial charge in [-0.1, -0.05) is 45.4 Å². The van der Waals surface area contributed by atoms with Gasteiger partial charge in [-0.05, 0) is 116 Å². The smallest absolute Gasteiger partial charge is 0.00977 e. The summed E-state index contributed by atoms with van der Waals surface area (Å²) in [6.07, 6.45) is 20.1. The van der Waals surface area contributed by atoms with Crippen molar-refractivity contribution in [2.24, 2.45) is 40.4 Å². The molecule has 0 aliphatic heterocycles. The second-order valence-electron chi connectivity index (χ2n) is 10.9. The molecular weight excluding hydrogens is 324 g/mol. The number of rotatable bonds is 4. The molecule has 0 aromatic rings. The lowest BCUT2D eigenvalue weighted by atomic mass is 9.43. The van der Waals surface area contributed by atoms with Gasteiger partial charge in [0.25, 0.3) is 0 Å². The van der Waals surface area contributed by atoms with E-state index in [0.29, 0.717) is 10.8 Å². The second kappa shape index (κ2) is 7.23. The molecule has 0 heterocycles. The summed E-state index contributed by atoms with van der Waals surface area (Å²) >= 11 is 0. The van der Waals surface area contributed by atoms with Gasteiger partial charge >= 0.3 is 0 Å². The van der Waals surface area contributed by atoms with Crippen LogP contribution in [-0.2, 0) is 0 Å². The number of hydrogen-bond acceptors (Lipinski definition) is 0. The Morgan fingerprint density at radius 1 is 1.00 bits per heavy atom. The molecule has 4 aliphatic rings. The molecule has 4 fully saturated rings. The van der Waals surface area contributed by atoms with E-state index in [0.717, 1.165) is 29.6 Å². The van der Waals surface area contributed by atoms with Crippen molar-refractivity contribution in [1.82, 2.24) is 0 Å². The molecule has 7 atom stereocenters. The van der Waals surface area contributed by atoms with Crippen LogP contribution in [0.5, 0.6) is 0 Å². The highest BCUT2D eigenvalue weighted by molar-refractivity contribution is 5.40. The Morgan fingerprint density at radius 2 is 1.78 bits per heavy atom. The topological polar surface area (TPSA) is 0 Å². The highest BCUT2D eigenvalue weighted by atomic mass is 14.7. The normalized spacial score (nSPS) is 48.0. The van der Waals surface area contributed by atoms with Crippen LogP contribution in [-0.4, -0.2) is 0 Å². The third-order valence-electron chi connectivity index (χ3n) is 9.99. The van der Waals surface area contributed by atoms with Crippen LogP contribution in [0, 0.1) is 40.4 Å². The molecule has 150 valence electrons. The molecule has 0 N–H and O–H groups in total. The van der Waals surface area contributed by atoms with E-state index in [2.05, 4.69) is 39.5 Å². The maximum Gasteiger partial charge on any atom is -0.00977 e. The van der Waals surface area contributed by atoms with E-state index >= 15 is 0 Å². The summed E-state index contributed by atoms with van der Waals surface area (Å²) in [4.78, 5) is 0. The third kappa shape index (κ3) is 2.84. The van der Waals surface area contributed by atoms with E-state index in [-0.39, 0.29) is 0 Å². The number of hydrogen-bond donors (Lipinski definition) is 0. The maximum atomic E-state index is 4.78. The Bertz CT molecular complexity index is 624. The minimum atomic E-state index is 0.536. The van der Waals surface area contributed by atoms with Crippen molar-refractivity contribution in [3.63, 3.8) is 0 Å². The average Bonchev–Trinajstić information content (AvgIpc) is 2.99. The summed E-state index contributed by atoms with van der Waals surface area (Å²) in [5.41, 5.74) is 4.32. The zero-order chi connectivity index (χ0) is 19.2. The van der Waals surface area contributed by atoms with Crippen LogP contribution in [0.1, 0.15) is 91.4 Å². The second-order valence-corrected chi connectivity index (χ2v) is 10.9. The Kier molecular flexibility index (Phi) is 5.23. The van der Waals surface area contributed by atoms with Crippen LogP contribution < -0.4 is 0 Å². The average molecular weight is 367 g/mol. The molecule has 4 aliphatic carbocycles. The fourth-order valence-electron chi connectivity index (χ4n) is 8.57. The van der Waals surface area contributed by atoms with Gasteiger partial charge in [0, 0.05) is 0 Å². The van der Waals surface area contributed by atoms with Gasteiger partial charge in [0.1, 0.15) is 0 Å². The molecule has 4 saturated carbocycles. The number of allylic oxidation sites excluding steroid dienone is 4. The standard InChI is InChI=1S/C27H42/c1-6-8-9-12-20-14-15-23-25-19(3)21(7-2)22-13-10-11-17-27(22,5)24(25)16-18-26(20,23)4/h6-7,20,22-25H,1,3,8-18H2,2,4-5H3/b21-7+. The summed E-state index contributed by atoms with van der Waals surface area (Å²) in [5, 5.41) is 0. The van der Waals surface area contributed by atoms with Crippen LogP contribution in [0.2, 0.25) is 0 Å². The summed E-state index contributed by atoms with van der Waals surface area (Å²) in [7, 11) is 0. The molecule has 7 unspecified atom stereocenters. The van der Waals surface area contributed by atoms with E-state index < -0.39 is 0 Å². The SMILES string of the molecule is C=CCCCC1CCC2C3C(=C)/C(=C\C)C4CCCCC4(C)C3CCC12C. The van der Waals surface area contributed by atoms with Gasteiger partial charge in [-0.15, -0.1) is 6.58 Å². The maximum absolute atomic E-state index is 4.78. The summed E-state index contributed by atoms with van der Waals surface area (Å²) < 4.78 is 0. The third-order valence-corrected chi connectivity index (χ3v) is 9.99. The van der Waals surface area contributed by atoms with Crippen molar-refractivity contribution in [3.05, 3.63) is 36.5 Å². The largest absolute Gasteiger partial charge is 0.103 e. The van der Waals surface area contributed by atoms with Gasteiger partial charge in [0.05, 0.1) is 0 Å². The zero-order valence-electron chi connectivity index (χ0n) is 18.2. The van der Waals surface area contributed by atoms with Crippen LogP contribution in [0.25, 0.3) is 0 Å². The van der Waals surface area contributed by atoms with Gasteiger partial charge in [0.15, 0.2) is 0 Å². The lowest BCUT2D eigenvalue weighted by Crippen LogP contribution is -2.54. The van der Waals surface area contributed by atoms with Gasteiger partial charge in [-0.25, -0.2) is 0 Å². The van der Waals surface area contributed by atoms with E-state index in [4.69, 9.17) is 6.58 Å². The molecule has 0 aromatic carbocycles. The van der Waals surface area contributed by atoms with Crippen molar-refractivity contribution < 1.29 is 0 Å². The van der Waals surface area contributed by atoms with Crippen molar-refractivity contribution in [2.75, 3.05) is 0 Å². The molecule has 27 heavy (non-hydrogen) atoms. The van der Waals surface area contributed by atoms with E-state index in [1.165, 1.54) is 70.6 Å². The molecule has 0 saturated heterocycles. The molecular formula is C27H42. The summed E-state index contributed by atoms with van der Waals surface area (Å²) in [6, 6.07) is 0. The van der Waals surface area contributed by atoms with Crippen LogP contribution in [0.4, 0.5) is 0 Å². The molecule has 0 amide bonds. The van der Waals surface area contributed by atoms with Crippen molar-refractivity contribution in [2.45, 2.75) is 91.4 Å². The van der Waals surface area contributed by atoms with Gasteiger partial charge in [0.2, 0.25) is 0 Å². The van der Waals surface area contributed by atoms with E-state index in [1.807, 2.05) is 0 Å². The van der Waals surface area contributed by atoms with E-state index in [9.17, 15) is 0 Å². The van der Waals surface area contributed by atoms with Gasteiger partial charge in [-0.3, -0.25) is 0 Å².